The largest absolute Gasteiger partial charge is 0.491 e. The molecule has 0 radical (unpaired) electrons. The molecule has 0 unspecified atom stereocenters. The highest BCUT2D eigenvalue weighted by molar-refractivity contribution is 5.90. The molecule has 1 aliphatic heterocycles. The van der Waals surface area contributed by atoms with E-state index in [1.165, 1.54) is 0 Å². The van der Waals surface area contributed by atoms with Crippen molar-refractivity contribution in [3.05, 3.63) is 29.2 Å². The molecule has 2 aromatic rings. The molecular weight excluding hydrogens is 244 g/mol. The molecule has 0 fully saturated rings. The lowest BCUT2D eigenvalue weighted by Gasteiger charge is -2.05. The predicted octanol–water partition coefficient (Wildman–Crippen LogP) is 2.01. The number of ether oxygens (including phenoxy) is 2. The van der Waals surface area contributed by atoms with Crippen LogP contribution in [0.4, 0.5) is 0 Å². The second kappa shape index (κ2) is 4.57. The van der Waals surface area contributed by atoms with Gasteiger partial charge in [-0.25, -0.2) is 9.78 Å². The van der Waals surface area contributed by atoms with Gasteiger partial charge in [0.25, 0.3) is 0 Å². The maximum atomic E-state index is 12.1. The number of fused-ring (bicyclic) bond motifs is 2. The molecule has 0 N–H and O–H groups in total. The van der Waals surface area contributed by atoms with Crippen LogP contribution >= 0.6 is 0 Å². The van der Waals surface area contributed by atoms with E-state index in [2.05, 4.69) is 4.98 Å². The van der Waals surface area contributed by atoms with E-state index in [0.717, 1.165) is 29.1 Å². The van der Waals surface area contributed by atoms with Gasteiger partial charge in [0.05, 0.1) is 25.1 Å². The van der Waals surface area contributed by atoms with Crippen LogP contribution < -0.4 is 4.74 Å². The van der Waals surface area contributed by atoms with Crippen LogP contribution in [-0.4, -0.2) is 28.6 Å². The van der Waals surface area contributed by atoms with Gasteiger partial charge in [-0.3, -0.25) is 4.40 Å². The zero-order valence-electron chi connectivity index (χ0n) is 11.1. The highest BCUT2D eigenvalue weighted by Gasteiger charge is 2.22. The van der Waals surface area contributed by atoms with E-state index in [0.29, 0.717) is 25.3 Å². The Labute approximate surface area is 111 Å². The van der Waals surface area contributed by atoms with Crippen LogP contribution in [0.5, 0.6) is 5.75 Å². The number of pyridine rings is 1. The van der Waals surface area contributed by atoms with Gasteiger partial charge in [-0.05, 0) is 19.4 Å². The molecule has 0 atom stereocenters. The van der Waals surface area contributed by atoms with E-state index >= 15 is 0 Å². The summed E-state index contributed by atoms with van der Waals surface area (Å²) in [7, 11) is 0. The molecule has 2 aromatic heterocycles. The highest BCUT2D eigenvalue weighted by atomic mass is 16.5. The Bertz CT molecular complexity index is 646. The second-order valence-corrected chi connectivity index (χ2v) is 4.47. The predicted molar refractivity (Wildman–Crippen MR) is 69.7 cm³/mol. The lowest BCUT2D eigenvalue weighted by Crippen LogP contribution is -2.10. The Hall–Kier alpha value is -2.04. The summed E-state index contributed by atoms with van der Waals surface area (Å²) in [5, 5.41) is 0. The zero-order valence-corrected chi connectivity index (χ0v) is 11.1. The summed E-state index contributed by atoms with van der Waals surface area (Å²) in [5.74, 6) is 0.503. The van der Waals surface area contributed by atoms with Gasteiger partial charge in [0.15, 0.2) is 5.69 Å². The quantitative estimate of drug-likeness (QED) is 0.792. The molecule has 1 aliphatic rings. The van der Waals surface area contributed by atoms with Crippen LogP contribution in [0.1, 0.15) is 35.6 Å². The van der Waals surface area contributed by atoms with Gasteiger partial charge in [-0.2, -0.15) is 0 Å². The van der Waals surface area contributed by atoms with Gasteiger partial charge < -0.3 is 9.47 Å². The van der Waals surface area contributed by atoms with Gasteiger partial charge in [-0.15, -0.1) is 0 Å². The third-order valence-electron chi connectivity index (χ3n) is 3.31. The second-order valence-electron chi connectivity index (χ2n) is 4.47. The number of aryl methyl sites for hydroxylation is 1. The number of hydrogen-bond donors (Lipinski definition) is 0. The number of nitrogens with zero attached hydrogens (tertiary/aromatic N) is 2. The van der Waals surface area contributed by atoms with Crippen molar-refractivity contribution in [2.75, 3.05) is 13.2 Å². The molecule has 0 bridgehead atoms. The molecule has 3 heterocycles. The third-order valence-corrected chi connectivity index (χ3v) is 3.31. The van der Waals surface area contributed by atoms with Crippen molar-refractivity contribution in [1.29, 1.82) is 0 Å². The lowest BCUT2D eigenvalue weighted by atomic mass is 10.2. The van der Waals surface area contributed by atoms with E-state index in [-0.39, 0.29) is 5.97 Å². The van der Waals surface area contributed by atoms with E-state index in [4.69, 9.17) is 9.47 Å². The summed E-state index contributed by atoms with van der Waals surface area (Å²) in [6.45, 7) is 4.83. The van der Waals surface area contributed by atoms with E-state index in [1.54, 1.807) is 11.3 Å². The maximum Gasteiger partial charge on any atom is 0.357 e. The van der Waals surface area contributed by atoms with Crippen molar-refractivity contribution in [1.82, 2.24) is 9.38 Å². The van der Waals surface area contributed by atoms with Crippen LogP contribution in [0.3, 0.4) is 0 Å². The van der Waals surface area contributed by atoms with Crippen molar-refractivity contribution in [2.45, 2.75) is 26.7 Å². The van der Waals surface area contributed by atoms with Crippen molar-refractivity contribution >= 4 is 11.6 Å². The minimum Gasteiger partial charge on any atom is -0.491 e. The number of hydrogen-bond acceptors (Lipinski definition) is 4. The van der Waals surface area contributed by atoms with Gasteiger partial charge in [-0.1, -0.05) is 6.92 Å². The summed E-state index contributed by atoms with van der Waals surface area (Å²) >= 11 is 0. The Morgan fingerprint density at radius 3 is 3.11 bits per heavy atom. The van der Waals surface area contributed by atoms with Crippen LogP contribution in [0, 0.1) is 0 Å². The Morgan fingerprint density at radius 2 is 2.37 bits per heavy atom. The molecule has 0 aromatic carbocycles. The normalized spacial score (nSPS) is 13.4. The van der Waals surface area contributed by atoms with Gasteiger partial charge >= 0.3 is 5.97 Å². The average Bonchev–Trinajstić information content (AvgIpc) is 2.98. The Balaban J connectivity index is 2.20. The number of imidazole rings is 1. The first-order valence-corrected chi connectivity index (χ1v) is 6.58. The molecular formula is C14H16N2O3. The highest BCUT2D eigenvalue weighted by Crippen LogP contribution is 2.28. The molecule has 0 saturated carbocycles. The number of carbonyl (C=O) groups is 1. The van der Waals surface area contributed by atoms with Crippen LogP contribution in [0.15, 0.2) is 12.3 Å². The molecule has 5 nitrogen and oxygen atoms in total. The van der Waals surface area contributed by atoms with Crippen LogP contribution in [-0.2, 0) is 17.6 Å². The lowest BCUT2D eigenvalue weighted by molar-refractivity contribution is 0.0517. The molecule has 100 valence electrons. The minimum atomic E-state index is -0.329. The van der Waals surface area contributed by atoms with Gasteiger partial charge in [0, 0.05) is 12.0 Å². The maximum absolute atomic E-state index is 12.1. The fraction of sp³-hybridized carbons (Fsp3) is 0.429. The van der Waals surface area contributed by atoms with Crippen molar-refractivity contribution < 1.29 is 14.3 Å². The number of rotatable bonds is 3. The summed E-state index contributed by atoms with van der Waals surface area (Å²) in [6, 6.07) is 1.99. The van der Waals surface area contributed by atoms with Gasteiger partial charge in [0.2, 0.25) is 0 Å². The first-order chi connectivity index (χ1) is 9.24. The first-order valence-electron chi connectivity index (χ1n) is 6.58. The average molecular weight is 260 g/mol. The fourth-order valence-corrected chi connectivity index (χ4v) is 2.42. The fourth-order valence-electron chi connectivity index (χ4n) is 2.42. The molecule has 19 heavy (non-hydrogen) atoms. The summed E-state index contributed by atoms with van der Waals surface area (Å²) in [4.78, 5) is 16.6. The van der Waals surface area contributed by atoms with Crippen molar-refractivity contribution in [2.24, 2.45) is 0 Å². The van der Waals surface area contributed by atoms with E-state index in [9.17, 15) is 4.79 Å². The smallest absolute Gasteiger partial charge is 0.357 e. The van der Waals surface area contributed by atoms with Crippen molar-refractivity contribution in [3.63, 3.8) is 0 Å². The molecule has 0 spiro atoms. The van der Waals surface area contributed by atoms with Crippen LogP contribution in [0.25, 0.3) is 5.65 Å². The van der Waals surface area contributed by atoms with E-state index < -0.39 is 0 Å². The molecule has 0 saturated heterocycles. The number of aromatic nitrogens is 2. The standard InChI is InChI=1S/C14H16N2O3/c1-3-10-13(14(17)18-4-2)16-8-11-9(5-6-19-11)7-12(16)15-10/h7-8H,3-6H2,1-2H3. The van der Waals surface area contributed by atoms with Crippen LogP contribution in [0.2, 0.25) is 0 Å². The molecule has 0 amide bonds. The summed E-state index contributed by atoms with van der Waals surface area (Å²) in [6.07, 6.45) is 3.44. The molecule has 0 aliphatic carbocycles. The number of esters is 1. The first kappa shape index (κ1) is 12.0. The summed E-state index contributed by atoms with van der Waals surface area (Å²) < 4.78 is 12.4. The number of carbonyl (C=O) groups excluding carboxylic acids is 1. The van der Waals surface area contributed by atoms with Gasteiger partial charge in [0.1, 0.15) is 11.4 Å². The summed E-state index contributed by atoms with van der Waals surface area (Å²) in [5.41, 5.74) is 3.21. The monoisotopic (exact) mass is 260 g/mol. The molecule has 3 rings (SSSR count). The Morgan fingerprint density at radius 1 is 1.53 bits per heavy atom. The third kappa shape index (κ3) is 1.85. The zero-order chi connectivity index (χ0) is 13.4. The Kier molecular flexibility index (Phi) is 2.89. The molecule has 5 heteroatoms. The van der Waals surface area contributed by atoms with E-state index in [1.807, 2.05) is 19.2 Å². The minimum absolute atomic E-state index is 0.329. The van der Waals surface area contributed by atoms with Crippen molar-refractivity contribution in [3.8, 4) is 5.75 Å². The topological polar surface area (TPSA) is 52.8 Å². The SMILES string of the molecule is CCOC(=O)c1c(CC)nc2cc3c(cn12)OCC3.